The van der Waals surface area contributed by atoms with E-state index in [2.05, 4.69) is 15.9 Å². The average Bonchev–Trinajstić information content (AvgIpc) is 2.64. The Bertz CT molecular complexity index is 174. The van der Waals surface area contributed by atoms with Gasteiger partial charge in [0.15, 0.2) is 0 Å². The minimum Gasteiger partial charge on any atom is -0.465 e. The number of hydrogen-bond donors (Lipinski definition) is 1. The summed E-state index contributed by atoms with van der Waals surface area (Å²) in [5.74, 6) is 0.00556. The zero-order chi connectivity index (χ0) is 8.48. The van der Waals surface area contributed by atoms with E-state index in [4.69, 9.17) is 10.5 Å². The smallest absolute Gasteiger partial charge is 0.326 e. The highest BCUT2D eigenvalue weighted by Gasteiger charge is 2.57. The predicted octanol–water partition coefficient (Wildman–Crippen LogP) is 0.662. The molecule has 0 heterocycles. The summed E-state index contributed by atoms with van der Waals surface area (Å²) in [5, 5.41) is 0.780. The molecule has 64 valence electrons. The Morgan fingerprint density at radius 2 is 2.55 bits per heavy atom. The fourth-order valence-corrected chi connectivity index (χ4v) is 1.86. The Morgan fingerprint density at radius 1 is 1.91 bits per heavy atom. The van der Waals surface area contributed by atoms with Crippen LogP contribution in [0.5, 0.6) is 0 Å². The molecule has 0 bridgehead atoms. The summed E-state index contributed by atoms with van der Waals surface area (Å²) in [6.45, 7) is 2.19. The largest absolute Gasteiger partial charge is 0.465 e. The molecule has 0 amide bonds. The van der Waals surface area contributed by atoms with Gasteiger partial charge in [0, 0.05) is 5.33 Å². The lowest BCUT2D eigenvalue weighted by Crippen LogP contribution is -2.37. The zero-order valence-corrected chi connectivity index (χ0v) is 8.06. The van der Waals surface area contributed by atoms with E-state index < -0.39 is 5.54 Å². The third-order valence-electron chi connectivity index (χ3n) is 1.99. The van der Waals surface area contributed by atoms with E-state index >= 15 is 0 Å². The highest BCUT2D eigenvalue weighted by atomic mass is 79.9. The van der Waals surface area contributed by atoms with E-state index in [0.717, 1.165) is 11.8 Å². The molecule has 1 fully saturated rings. The topological polar surface area (TPSA) is 52.3 Å². The van der Waals surface area contributed by atoms with Crippen LogP contribution in [0.2, 0.25) is 0 Å². The van der Waals surface area contributed by atoms with Crippen LogP contribution in [-0.2, 0) is 9.53 Å². The van der Waals surface area contributed by atoms with Gasteiger partial charge in [0.05, 0.1) is 6.61 Å². The number of ether oxygens (including phenoxy) is 1. The summed E-state index contributed by atoms with van der Waals surface area (Å²) in [7, 11) is 0. The zero-order valence-electron chi connectivity index (χ0n) is 6.47. The Balaban J connectivity index is 2.42. The number of alkyl halides is 1. The van der Waals surface area contributed by atoms with Gasteiger partial charge in [0.2, 0.25) is 0 Å². The van der Waals surface area contributed by atoms with Gasteiger partial charge in [-0.15, -0.1) is 0 Å². The molecule has 0 aromatic carbocycles. The second kappa shape index (κ2) is 3.11. The van der Waals surface area contributed by atoms with E-state index in [1.54, 1.807) is 6.92 Å². The van der Waals surface area contributed by atoms with Crippen molar-refractivity contribution in [3.8, 4) is 0 Å². The molecule has 1 saturated carbocycles. The molecule has 0 aliphatic heterocycles. The van der Waals surface area contributed by atoms with Gasteiger partial charge in [-0.1, -0.05) is 15.9 Å². The maximum atomic E-state index is 11.1. The SMILES string of the molecule is CCOC(=O)[C@@]1(N)C[C@H]1CBr. The van der Waals surface area contributed by atoms with Crippen LogP contribution < -0.4 is 5.73 Å². The minimum absolute atomic E-state index is 0.260. The molecule has 0 aromatic rings. The average molecular weight is 222 g/mol. The van der Waals surface area contributed by atoms with E-state index in [1.807, 2.05) is 0 Å². The summed E-state index contributed by atoms with van der Waals surface area (Å²) >= 11 is 3.28. The Morgan fingerprint density at radius 3 is 2.91 bits per heavy atom. The van der Waals surface area contributed by atoms with Crippen molar-refractivity contribution < 1.29 is 9.53 Å². The summed E-state index contributed by atoms with van der Waals surface area (Å²) in [6.07, 6.45) is 0.747. The molecule has 11 heavy (non-hydrogen) atoms. The predicted molar refractivity (Wildman–Crippen MR) is 45.5 cm³/mol. The van der Waals surface area contributed by atoms with Crippen LogP contribution in [0.4, 0.5) is 0 Å². The monoisotopic (exact) mass is 221 g/mol. The summed E-state index contributed by atoms with van der Waals surface area (Å²) < 4.78 is 4.82. The molecular formula is C7H12BrNO2. The normalized spacial score (nSPS) is 35.0. The Labute approximate surface area is 74.4 Å². The quantitative estimate of drug-likeness (QED) is 0.563. The molecule has 4 heteroatoms. The summed E-state index contributed by atoms with van der Waals surface area (Å²) in [4.78, 5) is 11.1. The van der Waals surface area contributed by atoms with Crippen molar-refractivity contribution in [2.45, 2.75) is 18.9 Å². The van der Waals surface area contributed by atoms with Gasteiger partial charge in [0.1, 0.15) is 5.54 Å². The summed E-state index contributed by atoms with van der Waals surface area (Å²) in [5.41, 5.74) is 5.05. The molecule has 0 radical (unpaired) electrons. The van der Waals surface area contributed by atoms with Crippen molar-refractivity contribution in [3.05, 3.63) is 0 Å². The van der Waals surface area contributed by atoms with Crippen LogP contribution in [0.3, 0.4) is 0 Å². The van der Waals surface area contributed by atoms with Crippen LogP contribution in [0.1, 0.15) is 13.3 Å². The first kappa shape index (κ1) is 9.00. The standard InChI is InChI=1S/C7H12BrNO2/c1-2-11-6(10)7(9)3-5(7)4-8/h5H,2-4,9H2,1H3/t5-,7+/m0/s1. The summed E-state index contributed by atoms with van der Waals surface area (Å²) in [6, 6.07) is 0. The van der Waals surface area contributed by atoms with Crippen molar-refractivity contribution in [1.82, 2.24) is 0 Å². The van der Waals surface area contributed by atoms with Crippen molar-refractivity contribution in [3.63, 3.8) is 0 Å². The van der Waals surface area contributed by atoms with Crippen LogP contribution >= 0.6 is 15.9 Å². The van der Waals surface area contributed by atoms with Crippen LogP contribution in [0.15, 0.2) is 0 Å². The van der Waals surface area contributed by atoms with Gasteiger partial charge >= 0.3 is 5.97 Å². The van der Waals surface area contributed by atoms with Crippen LogP contribution in [0.25, 0.3) is 0 Å². The first-order valence-electron chi connectivity index (χ1n) is 3.67. The maximum Gasteiger partial charge on any atom is 0.326 e. The lowest BCUT2D eigenvalue weighted by Gasteiger charge is -2.08. The number of carbonyl (C=O) groups is 1. The molecule has 0 unspecified atom stereocenters. The molecule has 1 rings (SSSR count). The first-order chi connectivity index (χ1) is 5.15. The Kier molecular flexibility index (Phi) is 2.54. The lowest BCUT2D eigenvalue weighted by atomic mass is 10.2. The third-order valence-corrected chi connectivity index (χ3v) is 2.78. The van der Waals surface area contributed by atoms with Crippen LogP contribution in [-0.4, -0.2) is 23.4 Å². The fraction of sp³-hybridized carbons (Fsp3) is 0.857. The van der Waals surface area contributed by atoms with E-state index in [1.165, 1.54) is 0 Å². The van der Waals surface area contributed by atoms with Gasteiger partial charge in [-0.2, -0.15) is 0 Å². The molecule has 2 N–H and O–H groups in total. The van der Waals surface area contributed by atoms with Crippen molar-refractivity contribution in [1.29, 1.82) is 0 Å². The van der Waals surface area contributed by atoms with Crippen molar-refractivity contribution in [2.75, 3.05) is 11.9 Å². The van der Waals surface area contributed by atoms with Crippen molar-refractivity contribution >= 4 is 21.9 Å². The van der Waals surface area contributed by atoms with Crippen LogP contribution in [0, 0.1) is 5.92 Å². The molecule has 0 saturated heterocycles. The number of esters is 1. The molecule has 0 spiro atoms. The first-order valence-corrected chi connectivity index (χ1v) is 4.79. The fourth-order valence-electron chi connectivity index (χ4n) is 1.06. The van der Waals surface area contributed by atoms with E-state index in [9.17, 15) is 4.79 Å². The number of hydrogen-bond acceptors (Lipinski definition) is 3. The maximum absolute atomic E-state index is 11.1. The van der Waals surface area contributed by atoms with Crippen molar-refractivity contribution in [2.24, 2.45) is 11.7 Å². The number of halogens is 1. The molecule has 1 aliphatic carbocycles. The van der Waals surface area contributed by atoms with E-state index in [0.29, 0.717) is 6.61 Å². The van der Waals surface area contributed by atoms with Gasteiger partial charge in [-0.05, 0) is 19.3 Å². The highest BCUT2D eigenvalue weighted by Crippen LogP contribution is 2.42. The van der Waals surface area contributed by atoms with Gasteiger partial charge in [-0.3, -0.25) is 4.79 Å². The van der Waals surface area contributed by atoms with Gasteiger partial charge < -0.3 is 10.5 Å². The lowest BCUT2D eigenvalue weighted by molar-refractivity contribution is -0.146. The second-order valence-corrected chi connectivity index (χ2v) is 3.46. The highest BCUT2D eigenvalue weighted by molar-refractivity contribution is 9.09. The second-order valence-electron chi connectivity index (χ2n) is 2.82. The minimum atomic E-state index is -0.681. The molecule has 3 nitrogen and oxygen atoms in total. The van der Waals surface area contributed by atoms with Gasteiger partial charge in [-0.25, -0.2) is 0 Å². The Hall–Kier alpha value is -0.0900. The molecule has 2 atom stereocenters. The molecule has 1 aliphatic rings. The molecular weight excluding hydrogens is 210 g/mol. The molecule has 0 aromatic heterocycles. The number of rotatable bonds is 3. The third kappa shape index (κ3) is 1.56. The number of nitrogens with two attached hydrogens (primary N) is 1. The van der Waals surface area contributed by atoms with Gasteiger partial charge in [0.25, 0.3) is 0 Å². The van der Waals surface area contributed by atoms with E-state index in [-0.39, 0.29) is 11.9 Å². The number of carbonyl (C=O) groups excluding carboxylic acids is 1.